The second-order valence-corrected chi connectivity index (χ2v) is 5.85. The van der Waals surface area contributed by atoms with Gasteiger partial charge in [-0.25, -0.2) is 0 Å². The summed E-state index contributed by atoms with van der Waals surface area (Å²) in [6.45, 7) is 2.43. The molecule has 0 bridgehead atoms. The van der Waals surface area contributed by atoms with Gasteiger partial charge in [0.1, 0.15) is 5.75 Å². The number of rotatable bonds is 8. The summed E-state index contributed by atoms with van der Waals surface area (Å²) >= 11 is 0. The van der Waals surface area contributed by atoms with Crippen LogP contribution in [0.3, 0.4) is 0 Å². The number of aliphatic hydroxyl groups is 1. The van der Waals surface area contributed by atoms with Gasteiger partial charge in [0, 0.05) is 30.2 Å². The topological polar surface area (TPSA) is 75.5 Å². The number of carbonyl (C=O) groups excluding carboxylic acids is 1. The number of hydrogen-bond donors (Lipinski definition) is 1. The molecule has 146 valence electrons. The van der Waals surface area contributed by atoms with E-state index in [1.807, 2.05) is 6.92 Å². The molecule has 1 amide bonds. The van der Waals surface area contributed by atoms with Crippen molar-refractivity contribution in [1.82, 2.24) is 14.9 Å². The normalized spacial score (nSPS) is 12.5. The lowest BCUT2D eigenvalue weighted by Gasteiger charge is -2.25. The van der Waals surface area contributed by atoms with Crippen molar-refractivity contribution in [3.8, 4) is 5.75 Å². The van der Waals surface area contributed by atoms with E-state index in [9.17, 15) is 23.1 Å². The molecule has 0 aromatic carbocycles. The fraction of sp³-hybridized carbons (Fsp3) is 0.389. The number of aliphatic hydroxyl groups excluding tert-OH is 1. The summed E-state index contributed by atoms with van der Waals surface area (Å²) in [4.78, 5) is 21.8. The smallest absolute Gasteiger partial charge is 0.404 e. The van der Waals surface area contributed by atoms with Gasteiger partial charge in [-0.3, -0.25) is 14.8 Å². The fourth-order valence-corrected chi connectivity index (χ4v) is 2.45. The molecule has 2 aromatic rings. The number of hydrogen-bond acceptors (Lipinski definition) is 5. The first kappa shape index (κ1) is 20.6. The van der Waals surface area contributed by atoms with E-state index in [1.165, 1.54) is 17.2 Å². The summed E-state index contributed by atoms with van der Waals surface area (Å²) in [6, 6.07) is 5.82. The Morgan fingerprint density at radius 3 is 2.63 bits per heavy atom. The number of nitrogens with zero attached hydrogens (tertiary/aromatic N) is 3. The molecule has 2 rings (SSSR count). The Morgan fingerprint density at radius 2 is 2.07 bits per heavy atom. The minimum Gasteiger partial charge on any atom is -0.404 e. The Kier molecular flexibility index (Phi) is 7.12. The summed E-state index contributed by atoms with van der Waals surface area (Å²) in [5.41, 5.74) is 0.907. The third-order valence-corrected chi connectivity index (χ3v) is 3.67. The minimum atomic E-state index is -4.79. The van der Waals surface area contributed by atoms with Crippen molar-refractivity contribution in [2.75, 3.05) is 13.1 Å². The first-order chi connectivity index (χ1) is 12.8. The van der Waals surface area contributed by atoms with Crippen LogP contribution in [0.1, 0.15) is 30.7 Å². The van der Waals surface area contributed by atoms with Gasteiger partial charge >= 0.3 is 6.36 Å². The van der Waals surface area contributed by atoms with Gasteiger partial charge in [0.15, 0.2) is 0 Å². The predicted octanol–water partition coefficient (Wildman–Crippen LogP) is 2.89. The van der Waals surface area contributed by atoms with Crippen LogP contribution >= 0.6 is 0 Å². The van der Waals surface area contributed by atoms with Gasteiger partial charge in [-0.15, -0.1) is 13.2 Å². The summed E-state index contributed by atoms with van der Waals surface area (Å²) < 4.78 is 40.2. The molecular formula is C18H20F3N3O3. The lowest BCUT2D eigenvalue weighted by molar-refractivity contribution is -0.274. The molecule has 2 heterocycles. The van der Waals surface area contributed by atoms with Gasteiger partial charge < -0.3 is 14.7 Å². The maximum Gasteiger partial charge on any atom is 0.573 e. The Balaban J connectivity index is 2.00. The Hall–Kier alpha value is -2.68. The van der Waals surface area contributed by atoms with E-state index < -0.39 is 18.2 Å². The molecule has 27 heavy (non-hydrogen) atoms. The summed E-state index contributed by atoms with van der Waals surface area (Å²) in [6.07, 6.45) is -1.04. The van der Waals surface area contributed by atoms with Gasteiger partial charge in [0.25, 0.3) is 0 Å². The highest BCUT2D eigenvalue weighted by molar-refractivity contribution is 5.78. The van der Waals surface area contributed by atoms with Gasteiger partial charge in [-0.2, -0.15) is 0 Å². The minimum absolute atomic E-state index is 0.0909. The van der Waals surface area contributed by atoms with Crippen molar-refractivity contribution in [3.63, 3.8) is 0 Å². The van der Waals surface area contributed by atoms with Crippen molar-refractivity contribution in [3.05, 3.63) is 54.1 Å². The van der Waals surface area contributed by atoms with Crippen LogP contribution in [0.2, 0.25) is 0 Å². The number of carbonyl (C=O) groups is 1. The predicted molar refractivity (Wildman–Crippen MR) is 90.7 cm³/mol. The summed E-state index contributed by atoms with van der Waals surface area (Å²) in [7, 11) is 0. The molecule has 0 unspecified atom stereocenters. The van der Waals surface area contributed by atoms with E-state index in [4.69, 9.17) is 0 Å². The second kappa shape index (κ2) is 9.31. The van der Waals surface area contributed by atoms with E-state index >= 15 is 0 Å². The Bertz CT molecular complexity index is 724. The van der Waals surface area contributed by atoms with E-state index in [2.05, 4.69) is 14.7 Å². The number of aromatic nitrogens is 2. The maximum atomic E-state index is 12.5. The first-order valence-electron chi connectivity index (χ1n) is 8.35. The van der Waals surface area contributed by atoms with E-state index in [1.54, 1.807) is 18.3 Å². The average molecular weight is 383 g/mol. The standard InChI is InChI=1S/C18H20F3N3O3/c1-2-8-24(12-16(25)13-4-3-7-22-10-13)17(26)9-14-5-6-15(11-23-14)27-18(19,20)21/h3-7,10-11,16,25H,2,8-9,12H2,1H3/t16-/m1/s1. The van der Waals surface area contributed by atoms with Gasteiger partial charge in [0.2, 0.25) is 5.91 Å². The zero-order valence-corrected chi connectivity index (χ0v) is 14.7. The zero-order valence-electron chi connectivity index (χ0n) is 14.7. The number of halogens is 3. The lowest BCUT2D eigenvalue weighted by atomic mass is 10.1. The summed E-state index contributed by atoms with van der Waals surface area (Å²) in [5.74, 6) is -0.729. The largest absolute Gasteiger partial charge is 0.573 e. The van der Waals surface area contributed by atoms with Crippen LogP contribution < -0.4 is 4.74 Å². The third kappa shape index (κ3) is 6.86. The van der Waals surface area contributed by atoms with Gasteiger partial charge in [-0.05, 0) is 24.6 Å². The second-order valence-electron chi connectivity index (χ2n) is 5.85. The molecule has 0 radical (unpaired) electrons. The number of ether oxygens (including phenoxy) is 1. The lowest BCUT2D eigenvalue weighted by Crippen LogP contribution is -2.36. The molecule has 0 aliphatic carbocycles. The number of alkyl halides is 3. The number of pyridine rings is 2. The Labute approximate surface area is 154 Å². The average Bonchev–Trinajstić information content (AvgIpc) is 2.62. The van der Waals surface area contributed by atoms with Crippen LogP contribution in [0.4, 0.5) is 13.2 Å². The zero-order chi connectivity index (χ0) is 19.9. The maximum absolute atomic E-state index is 12.5. The highest BCUT2D eigenvalue weighted by atomic mass is 19.4. The number of amides is 1. The molecule has 2 aromatic heterocycles. The molecule has 1 atom stereocenters. The third-order valence-electron chi connectivity index (χ3n) is 3.67. The van der Waals surface area contributed by atoms with Crippen LogP contribution in [0.15, 0.2) is 42.9 Å². The molecule has 0 fully saturated rings. The first-order valence-corrected chi connectivity index (χ1v) is 8.35. The van der Waals surface area contributed by atoms with Crippen LogP contribution in [0, 0.1) is 0 Å². The van der Waals surface area contributed by atoms with E-state index in [-0.39, 0.29) is 18.9 Å². The van der Waals surface area contributed by atoms with Crippen LogP contribution in [0.25, 0.3) is 0 Å². The van der Waals surface area contributed by atoms with E-state index in [0.717, 1.165) is 12.3 Å². The summed E-state index contributed by atoms with van der Waals surface area (Å²) in [5, 5.41) is 10.3. The quantitative estimate of drug-likeness (QED) is 0.759. The van der Waals surface area contributed by atoms with Crippen molar-refractivity contribution in [2.24, 2.45) is 0 Å². The van der Waals surface area contributed by atoms with Crippen LogP contribution in [0.5, 0.6) is 5.75 Å². The molecule has 0 aliphatic rings. The Morgan fingerprint density at radius 1 is 1.30 bits per heavy atom. The highest BCUT2D eigenvalue weighted by Gasteiger charge is 2.31. The molecule has 6 nitrogen and oxygen atoms in total. The molecule has 0 saturated heterocycles. The molecule has 9 heteroatoms. The van der Waals surface area contributed by atoms with Gasteiger partial charge in [0.05, 0.1) is 25.3 Å². The van der Waals surface area contributed by atoms with Crippen molar-refractivity contribution >= 4 is 5.91 Å². The van der Waals surface area contributed by atoms with Crippen LogP contribution in [-0.4, -0.2) is 45.3 Å². The molecular weight excluding hydrogens is 363 g/mol. The molecule has 0 saturated carbocycles. The van der Waals surface area contributed by atoms with E-state index in [0.29, 0.717) is 24.2 Å². The molecule has 1 N–H and O–H groups in total. The SMILES string of the molecule is CCCN(C[C@@H](O)c1cccnc1)C(=O)Cc1ccc(OC(F)(F)F)cn1. The molecule has 0 spiro atoms. The van der Waals surface area contributed by atoms with Gasteiger partial charge in [-0.1, -0.05) is 13.0 Å². The highest BCUT2D eigenvalue weighted by Crippen LogP contribution is 2.22. The molecule has 0 aliphatic heterocycles. The monoisotopic (exact) mass is 383 g/mol. The fourth-order valence-electron chi connectivity index (χ4n) is 2.45. The van der Waals surface area contributed by atoms with Crippen LogP contribution in [-0.2, 0) is 11.2 Å². The van der Waals surface area contributed by atoms with Crippen molar-refractivity contribution in [2.45, 2.75) is 32.2 Å². The van der Waals surface area contributed by atoms with Crippen molar-refractivity contribution in [1.29, 1.82) is 0 Å². The van der Waals surface area contributed by atoms with Crippen molar-refractivity contribution < 1.29 is 27.8 Å².